The Bertz CT molecular complexity index is 5270. The molecule has 4 aliphatic heterocycles. The number of β-amino-alcohol motifs (C(OH)–C–C–N with tert-alkyl or cyclic N) is 1. The molecule has 2 N–H and O–H groups in total. The Morgan fingerprint density at radius 3 is 1.18 bits per heavy atom. The van der Waals surface area contributed by atoms with Crippen molar-refractivity contribution in [3.8, 4) is 23.0 Å². The predicted octanol–water partition coefficient (Wildman–Crippen LogP) is 13.5. The summed E-state index contributed by atoms with van der Waals surface area (Å²) >= 11 is 0. The molecular weight excluding hydrogens is 1750 g/mol. The summed E-state index contributed by atoms with van der Waals surface area (Å²) in [4.78, 5) is 101. The van der Waals surface area contributed by atoms with Crippen LogP contribution in [0.5, 0.6) is 23.0 Å². The third-order valence-electron chi connectivity index (χ3n) is 22.7. The van der Waals surface area contributed by atoms with Gasteiger partial charge in [-0.25, -0.2) is 28.8 Å². The van der Waals surface area contributed by atoms with Gasteiger partial charge in [0.15, 0.2) is 5.78 Å². The van der Waals surface area contributed by atoms with Gasteiger partial charge >= 0.3 is 65.2 Å². The van der Waals surface area contributed by atoms with Gasteiger partial charge in [-0.1, -0.05) is 152 Å². The Kier molecular flexibility index (Phi) is 39.1. The molecule has 8 aromatic carbocycles. The van der Waals surface area contributed by atoms with Crippen LogP contribution >= 0.6 is 0 Å². The Labute approximate surface area is 775 Å². The summed E-state index contributed by atoms with van der Waals surface area (Å²) < 4.78 is 68.9. The van der Waals surface area contributed by atoms with Crippen molar-refractivity contribution in [3.63, 3.8) is 0 Å². The van der Waals surface area contributed by atoms with Gasteiger partial charge in [0.05, 0.1) is 96.3 Å². The average molecular weight is 1870 g/mol. The Balaban J connectivity index is 0.000000251. The largest absolute Gasteiger partial charge is 2.00 e. The first-order chi connectivity index (χ1) is 59.2. The van der Waals surface area contributed by atoms with E-state index in [9.17, 15) is 43.5 Å². The van der Waals surface area contributed by atoms with Gasteiger partial charge < -0.3 is 89.0 Å². The molecule has 0 bridgehead atoms. The molecule has 0 radical (unpaired) electrons. The number of nitrogens with one attached hydrogen (secondary N) is 1. The molecule has 0 aromatic heterocycles. The molecule has 7 atom stereocenters. The van der Waals surface area contributed by atoms with E-state index >= 15 is 0 Å². The number of methoxy groups -OCH3 is 10. The number of aliphatic hydroxyl groups is 1. The monoisotopic (exact) mass is 1870 g/mol. The van der Waals surface area contributed by atoms with E-state index in [1.807, 2.05) is 109 Å². The second kappa shape index (κ2) is 46.9. The maximum absolute atomic E-state index is 13.0. The molecule has 4 heterocycles. The maximum Gasteiger partial charge on any atom is 2.00 e. The van der Waals surface area contributed by atoms with Crippen LogP contribution in [0, 0.1) is 6.07 Å². The number of esters is 4. The molecule has 31 heteroatoms. The molecule has 127 heavy (non-hydrogen) atoms. The molecule has 12 rings (SSSR count). The number of ketones is 1. The number of benzene rings is 8. The van der Waals surface area contributed by atoms with E-state index in [1.54, 1.807) is 67.0 Å². The Morgan fingerprint density at radius 2 is 0.795 bits per heavy atom. The van der Waals surface area contributed by atoms with Crippen LogP contribution in [0.4, 0.5) is 14.4 Å². The molecule has 8 aromatic rings. The second-order valence-corrected chi connectivity index (χ2v) is 51.5. The standard InChI is InChI=1S/C26H35NO6Si.C25H33NO6Si.C20H23NO4.C13H11O.C12H21NO5Si.BrH.Mg/c1-8-18-13-20-14-21(10-9-19(20)15-23(18)30-2)26(32-4)16-22(24(28)31-3)27(17-26)25(29)33-11-12-34(5,6)7;1-7-17-12-19-13-20(9-8-18(19)14-22(17)30-2)25(29)15-21(23(27)31-3)26(16-25)24(28)32-10-11-33(4,5)6;1-5-13-8-15-9-16(7-6-14(15)10-18(13)23-2)20(25-4)11-17(21-12-20)19(22)24-3;1-3-10-8-11-6-4-5-7-12(11)9-13(10)14-2;1-17-11(15)10-7-9(14)8-13(10)12(16)18-5-6-19(2,3)4;;/h8-10,13-15,22H,1,11-12,16-17H2,2-7H3;7-9,12-14,21,29H,1,10-11,15-16H2,2-6H3;5-10,17,21H,1,11-12H2,2-4H3;3,5-9H,1H2,2H3;10H,5-8H2,1-4H3;1H;/q;;;-1;;;+2/p-1/t22-,26-;21-,25-;17-,20-;;10-;;/m000.0../s1. The zero-order valence-corrected chi connectivity index (χ0v) is 82.8. The van der Waals surface area contributed by atoms with Crippen molar-refractivity contribution in [1.82, 2.24) is 20.0 Å². The molecule has 0 unspecified atom stereocenters. The minimum atomic E-state index is -1.42. The maximum atomic E-state index is 13.0. The fraction of sp³-hybridized carbons (Fsp3) is 0.417. The molecule has 680 valence electrons. The molecule has 0 saturated carbocycles. The summed E-state index contributed by atoms with van der Waals surface area (Å²) in [7, 11) is 11.0. The molecule has 4 fully saturated rings. The molecule has 4 saturated heterocycles. The number of rotatable bonds is 26. The zero-order chi connectivity index (χ0) is 92.1. The van der Waals surface area contributed by atoms with Crippen LogP contribution in [0.25, 0.3) is 67.4 Å². The summed E-state index contributed by atoms with van der Waals surface area (Å²) in [6.45, 7) is 36.6. The summed E-state index contributed by atoms with van der Waals surface area (Å²) in [5, 5.41) is 23.0. The van der Waals surface area contributed by atoms with E-state index in [0.717, 1.165) is 117 Å². The van der Waals surface area contributed by atoms with Crippen molar-refractivity contribution in [2.45, 2.75) is 144 Å². The quantitative estimate of drug-likeness (QED) is 0.0220. The van der Waals surface area contributed by atoms with E-state index in [1.165, 1.54) is 38.2 Å². The molecule has 26 nitrogen and oxygen atoms in total. The molecule has 0 spiro atoms. The number of hydrogen-bond acceptors (Lipinski definition) is 23. The number of carbonyl (C=O) groups is 8. The molecular formula is C96H123BrMgN4O22Si3. The van der Waals surface area contributed by atoms with Crippen molar-refractivity contribution in [2.24, 2.45) is 0 Å². The third kappa shape index (κ3) is 27.1. The van der Waals surface area contributed by atoms with Gasteiger partial charge in [0.1, 0.15) is 64.0 Å². The van der Waals surface area contributed by atoms with E-state index in [4.69, 9.17) is 56.8 Å². The number of likely N-dealkylation sites (tertiary alicyclic amines) is 3. The first-order valence-corrected chi connectivity index (χ1v) is 52.4. The minimum absolute atomic E-state index is 0. The van der Waals surface area contributed by atoms with Crippen molar-refractivity contribution in [1.29, 1.82) is 0 Å². The minimum Gasteiger partial charge on any atom is -1.00 e. The van der Waals surface area contributed by atoms with Gasteiger partial charge in [0, 0.05) is 92.9 Å². The van der Waals surface area contributed by atoms with Gasteiger partial charge in [0.2, 0.25) is 0 Å². The molecule has 0 aliphatic carbocycles. The Morgan fingerprint density at radius 1 is 0.441 bits per heavy atom. The van der Waals surface area contributed by atoms with Gasteiger partial charge in [0.25, 0.3) is 0 Å². The first kappa shape index (κ1) is 106. The normalized spacial score (nSPS) is 19.3. The smallest absolute Gasteiger partial charge is 1.00 e. The fourth-order valence-electron chi connectivity index (χ4n) is 15.2. The number of amides is 3. The van der Waals surface area contributed by atoms with Gasteiger partial charge in [-0.3, -0.25) is 24.3 Å². The Hall–Kier alpha value is -9.94. The van der Waals surface area contributed by atoms with Crippen LogP contribution in [0.3, 0.4) is 0 Å². The molecule has 3 amide bonds. The van der Waals surface area contributed by atoms with Crippen LogP contribution in [-0.2, 0) is 83.4 Å². The average Bonchev–Trinajstić information content (AvgIpc) is 1.63. The number of halogens is 1. The van der Waals surface area contributed by atoms with Crippen molar-refractivity contribution in [3.05, 3.63) is 193 Å². The van der Waals surface area contributed by atoms with Crippen molar-refractivity contribution >= 4 is 163 Å². The number of carbonyl (C=O) groups excluding carboxylic acids is 8. The predicted molar refractivity (Wildman–Crippen MR) is 502 cm³/mol. The van der Waals surface area contributed by atoms with Crippen LogP contribution in [0.1, 0.15) is 64.6 Å². The van der Waals surface area contributed by atoms with Crippen LogP contribution in [0.15, 0.2) is 148 Å². The van der Waals surface area contributed by atoms with Crippen molar-refractivity contribution < 1.29 is 122 Å². The number of ether oxygens (including phenoxy) is 13. The van der Waals surface area contributed by atoms with Crippen LogP contribution in [0.2, 0.25) is 77.1 Å². The first-order valence-electron chi connectivity index (χ1n) is 41.3. The van der Waals surface area contributed by atoms with Crippen LogP contribution in [-0.4, -0.2) is 256 Å². The van der Waals surface area contributed by atoms with Crippen molar-refractivity contribution in [2.75, 3.05) is 117 Å². The topological polar surface area (TPSA) is 299 Å². The van der Waals surface area contributed by atoms with E-state index in [2.05, 4.69) is 113 Å². The number of Topliss-reactive ketones (excluding diaryl/α,β-unsaturated/α-hetero) is 1. The third-order valence-corrected chi connectivity index (χ3v) is 27.8. The fourth-order valence-corrected chi connectivity index (χ4v) is 17.3. The summed E-state index contributed by atoms with van der Waals surface area (Å²) in [6.07, 6.45) is 6.13. The van der Waals surface area contributed by atoms with E-state index in [0.29, 0.717) is 44.1 Å². The number of hydrogen-bond donors (Lipinski definition) is 2. The van der Waals surface area contributed by atoms with Crippen LogP contribution < -0.4 is 41.2 Å². The van der Waals surface area contributed by atoms with E-state index < -0.39 is 95.3 Å². The summed E-state index contributed by atoms with van der Waals surface area (Å²) in [5.74, 6) is 1.05. The van der Waals surface area contributed by atoms with E-state index in [-0.39, 0.29) is 96.7 Å². The van der Waals surface area contributed by atoms with Gasteiger partial charge in [-0.05, 0) is 128 Å². The zero-order valence-electron chi connectivity index (χ0n) is 76.8. The number of nitrogens with zero attached hydrogens (tertiary/aromatic N) is 3. The summed E-state index contributed by atoms with van der Waals surface area (Å²) in [5.41, 5.74) is 3.33. The number of fused-ring (bicyclic) bond motifs is 4. The summed E-state index contributed by atoms with van der Waals surface area (Å²) in [6, 6.07) is 42.2. The van der Waals surface area contributed by atoms with Gasteiger partial charge in [-0.15, -0.1) is 10.8 Å². The second-order valence-electron chi connectivity index (χ2n) is 34.7. The SMILES string of the molecule is C=Cc1cc2c[c-]ccc2cc1OC.C=Cc1cc2cc([C@@]3(OC)CN[C@H](C(=O)OC)C3)ccc2cc1OC.C=Cc1cc2cc([C@]3(O)C[C@@H](C(=O)OC)N(C(=O)OCC[Si](C)(C)C)C3)ccc2cc1OC.C=Cc1cc2cc([C@]3(OC)C[C@@H](C(=O)OC)N(C(=O)OCC[Si](C)(C)C)C3)ccc2cc1OC.COC(=O)[C@@H]1CC(=O)CN1C(=O)OCC[Si](C)(C)C.[Br-].[Mg+2]. The molecule has 4 aliphatic rings. The van der Waals surface area contributed by atoms with Gasteiger partial charge in [-0.2, -0.15) is 24.3 Å².